The van der Waals surface area contributed by atoms with Gasteiger partial charge in [0.1, 0.15) is 11.9 Å². The summed E-state index contributed by atoms with van der Waals surface area (Å²) in [6, 6.07) is 8.17. The number of aromatic amines is 1. The minimum atomic E-state index is -0.0756. The monoisotopic (exact) mass is 340 g/mol. The Morgan fingerprint density at radius 3 is 2.64 bits per heavy atom. The zero-order valence-electron chi connectivity index (χ0n) is 14.4. The minimum absolute atomic E-state index is 0.0565. The maximum absolute atomic E-state index is 11.9. The Kier molecular flexibility index (Phi) is 3.57. The number of ether oxygens (including phenoxy) is 1. The van der Waals surface area contributed by atoms with Crippen molar-refractivity contribution in [1.82, 2.24) is 19.8 Å². The van der Waals surface area contributed by atoms with Gasteiger partial charge in [0.25, 0.3) is 0 Å². The number of benzene rings is 1. The van der Waals surface area contributed by atoms with Gasteiger partial charge < -0.3 is 9.72 Å². The highest BCUT2D eigenvalue weighted by Gasteiger charge is 2.57. The fourth-order valence-corrected chi connectivity index (χ4v) is 4.21. The van der Waals surface area contributed by atoms with Crippen molar-refractivity contribution in [3.8, 4) is 0 Å². The number of H-pyrrole nitrogens is 1. The molecule has 3 aliphatic rings. The molecular weight excluding hydrogens is 316 g/mol. The Hall–Kier alpha value is -1.92. The number of imidazole rings is 1. The van der Waals surface area contributed by atoms with Crippen LogP contribution in [-0.2, 0) is 16.1 Å². The van der Waals surface area contributed by atoms with E-state index in [-0.39, 0.29) is 17.5 Å². The van der Waals surface area contributed by atoms with Gasteiger partial charge in [0.15, 0.2) is 0 Å². The fourth-order valence-electron chi connectivity index (χ4n) is 4.21. The summed E-state index contributed by atoms with van der Waals surface area (Å²) < 4.78 is 5.59. The maximum atomic E-state index is 11.9. The lowest BCUT2D eigenvalue weighted by molar-refractivity contribution is -0.145. The van der Waals surface area contributed by atoms with Gasteiger partial charge in [0.05, 0.1) is 23.0 Å². The van der Waals surface area contributed by atoms with Crippen molar-refractivity contribution in [2.45, 2.75) is 31.9 Å². The number of rotatable bonds is 4. The fraction of sp³-hybridized carbons (Fsp3) is 0.579. The number of carbonyl (C=O) groups is 1. The molecule has 2 aliphatic heterocycles. The van der Waals surface area contributed by atoms with Gasteiger partial charge in [-0.1, -0.05) is 12.1 Å². The Morgan fingerprint density at radius 1 is 1.16 bits per heavy atom. The largest absolute Gasteiger partial charge is 0.461 e. The molecule has 3 heterocycles. The van der Waals surface area contributed by atoms with Crippen LogP contribution in [0, 0.1) is 5.41 Å². The summed E-state index contributed by atoms with van der Waals surface area (Å²) in [6.07, 6.45) is 3.11. The smallest absolute Gasteiger partial charge is 0.312 e. The zero-order chi connectivity index (χ0) is 16.9. The first-order chi connectivity index (χ1) is 12.2. The molecule has 1 atom stereocenters. The molecule has 1 unspecified atom stereocenters. The van der Waals surface area contributed by atoms with Crippen LogP contribution in [-0.4, -0.2) is 64.6 Å². The van der Waals surface area contributed by atoms with E-state index in [1.165, 1.54) is 0 Å². The Labute approximate surface area is 147 Å². The number of para-hydroxylation sites is 2. The number of nitrogens with zero attached hydrogens (tertiary/aromatic N) is 3. The molecule has 3 fully saturated rings. The summed E-state index contributed by atoms with van der Waals surface area (Å²) in [4.78, 5) is 24.8. The highest BCUT2D eigenvalue weighted by molar-refractivity contribution is 5.82. The van der Waals surface area contributed by atoms with Crippen LogP contribution < -0.4 is 0 Å². The van der Waals surface area contributed by atoms with Gasteiger partial charge in [-0.25, -0.2) is 4.98 Å². The van der Waals surface area contributed by atoms with Crippen LogP contribution in [0.5, 0.6) is 0 Å². The van der Waals surface area contributed by atoms with Crippen molar-refractivity contribution in [3.63, 3.8) is 0 Å². The summed E-state index contributed by atoms with van der Waals surface area (Å²) in [7, 11) is 0. The van der Waals surface area contributed by atoms with Crippen LogP contribution in [0.15, 0.2) is 24.3 Å². The van der Waals surface area contributed by atoms with Crippen LogP contribution in [0.25, 0.3) is 11.0 Å². The number of esters is 1. The van der Waals surface area contributed by atoms with E-state index >= 15 is 0 Å². The molecule has 2 saturated heterocycles. The number of aromatic nitrogens is 2. The summed E-state index contributed by atoms with van der Waals surface area (Å²) in [6.45, 7) is 5.88. The Morgan fingerprint density at radius 2 is 1.92 bits per heavy atom. The van der Waals surface area contributed by atoms with Crippen molar-refractivity contribution >= 4 is 17.0 Å². The summed E-state index contributed by atoms with van der Waals surface area (Å²) in [5, 5.41) is 0. The minimum Gasteiger partial charge on any atom is -0.461 e. The molecule has 0 bridgehead atoms. The SMILES string of the molecule is O=C1OC(CN2CCN(Cc3nc4ccccc4[nH]3)CC2)CC12CC2. The van der Waals surface area contributed by atoms with E-state index in [1.54, 1.807) is 0 Å². The molecule has 1 N–H and O–H groups in total. The number of hydrogen-bond donors (Lipinski definition) is 1. The van der Waals surface area contributed by atoms with Crippen LogP contribution in [0.4, 0.5) is 0 Å². The molecule has 1 spiro atoms. The second-order valence-electron chi connectivity index (χ2n) is 7.79. The predicted molar refractivity (Wildman–Crippen MR) is 94.0 cm³/mol. The predicted octanol–water partition coefficient (Wildman–Crippen LogP) is 1.78. The van der Waals surface area contributed by atoms with Crippen LogP contribution in [0.1, 0.15) is 25.1 Å². The third kappa shape index (κ3) is 2.93. The molecular formula is C19H24N4O2. The lowest BCUT2D eigenvalue weighted by Crippen LogP contribution is -2.48. The molecule has 6 heteroatoms. The van der Waals surface area contributed by atoms with E-state index in [9.17, 15) is 4.79 Å². The third-order valence-corrected chi connectivity index (χ3v) is 5.92. The molecule has 1 aromatic heterocycles. The van der Waals surface area contributed by atoms with E-state index in [0.29, 0.717) is 0 Å². The van der Waals surface area contributed by atoms with Gasteiger partial charge in [-0.2, -0.15) is 0 Å². The topological polar surface area (TPSA) is 61.5 Å². The highest BCUT2D eigenvalue weighted by Crippen LogP contribution is 2.54. The maximum Gasteiger partial charge on any atom is 0.312 e. The van der Waals surface area contributed by atoms with Crippen molar-refractivity contribution in [2.75, 3.05) is 32.7 Å². The van der Waals surface area contributed by atoms with Gasteiger partial charge in [-0.15, -0.1) is 0 Å². The van der Waals surface area contributed by atoms with Crippen molar-refractivity contribution < 1.29 is 9.53 Å². The second-order valence-corrected chi connectivity index (χ2v) is 7.79. The number of nitrogens with one attached hydrogen (secondary N) is 1. The first kappa shape index (κ1) is 15.3. The first-order valence-electron chi connectivity index (χ1n) is 9.30. The Bertz CT molecular complexity index is 757. The number of hydrogen-bond acceptors (Lipinski definition) is 5. The van der Waals surface area contributed by atoms with Gasteiger partial charge >= 0.3 is 5.97 Å². The molecule has 132 valence electrons. The van der Waals surface area contributed by atoms with Crippen molar-refractivity contribution in [1.29, 1.82) is 0 Å². The highest BCUT2D eigenvalue weighted by atomic mass is 16.6. The quantitative estimate of drug-likeness (QED) is 0.860. The molecule has 1 aliphatic carbocycles. The second kappa shape index (κ2) is 5.81. The standard InChI is InChI=1S/C19H24N4O2/c24-18-19(5-6-19)11-14(25-18)12-22-7-9-23(10-8-22)13-17-20-15-3-1-2-4-16(15)21-17/h1-4,14H,5-13H2,(H,20,21). The van der Waals surface area contributed by atoms with Gasteiger partial charge in [0, 0.05) is 39.1 Å². The zero-order valence-corrected chi connectivity index (χ0v) is 14.4. The van der Waals surface area contributed by atoms with Crippen molar-refractivity contribution in [3.05, 3.63) is 30.1 Å². The molecule has 0 amide bonds. The van der Waals surface area contributed by atoms with Gasteiger partial charge in [-0.05, 0) is 25.0 Å². The number of carbonyl (C=O) groups excluding carboxylic acids is 1. The summed E-state index contributed by atoms with van der Waals surface area (Å²) in [5.74, 6) is 1.09. The van der Waals surface area contributed by atoms with E-state index in [1.807, 2.05) is 18.2 Å². The van der Waals surface area contributed by atoms with Crippen molar-refractivity contribution in [2.24, 2.45) is 5.41 Å². The van der Waals surface area contributed by atoms with E-state index < -0.39 is 0 Å². The van der Waals surface area contributed by atoms with E-state index in [0.717, 1.165) is 75.4 Å². The third-order valence-electron chi connectivity index (χ3n) is 5.92. The molecule has 2 aromatic rings. The number of cyclic esters (lactones) is 1. The van der Waals surface area contributed by atoms with Crippen LogP contribution >= 0.6 is 0 Å². The van der Waals surface area contributed by atoms with Crippen LogP contribution in [0.3, 0.4) is 0 Å². The molecule has 5 rings (SSSR count). The Balaban J connectivity index is 1.13. The molecule has 0 radical (unpaired) electrons. The summed E-state index contributed by atoms with van der Waals surface area (Å²) in [5.41, 5.74) is 2.06. The van der Waals surface area contributed by atoms with Gasteiger partial charge in [-0.3, -0.25) is 14.6 Å². The lowest BCUT2D eigenvalue weighted by Gasteiger charge is -2.35. The molecule has 1 saturated carbocycles. The normalized spacial score (nSPS) is 26.4. The molecule has 1 aromatic carbocycles. The van der Waals surface area contributed by atoms with Gasteiger partial charge in [0.2, 0.25) is 0 Å². The first-order valence-corrected chi connectivity index (χ1v) is 9.30. The van der Waals surface area contributed by atoms with E-state index in [2.05, 4.69) is 25.8 Å². The summed E-state index contributed by atoms with van der Waals surface area (Å²) >= 11 is 0. The van der Waals surface area contributed by atoms with Crippen LogP contribution in [0.2, 0.25) is 0 Å². The lowest BCUT2D eigenvalue weighted by atomic mass is 10.0. The number of piperazine rings is 1. The van der Waals surface area contributed by atoms with E-state index in [4.69, 9.17) is 4.74 Å². The molecule has 25 heavy (non-hydrogen) atoms. The average Bonchev–Trinajstić information content (AvgIpc) is 3.17. The molecule has 6 nitrogen and oxygen atoms in total. The average molecular weight is 340 g/mol. The number of fused-ring (bicyclic) bond motifs is 1.